The molecule has 0 saturated heterocycles. The molecular weight excluding hydrogens is 509 g/mol. The fraction of sp³-hybridized carbons (Fsp3) is 0.567. The van der Waals surface area contributed by atoms with E-state index in [1.54, 1.807) is 12.5 Å². The first-order valence-corrected chi connectivity index (χ1v) is 12.7. The summed E-state index contributed by atoms with van der Waals surface area (Å²) in [5.41, 5.74) is 3.74. The van der Waals surface area contributed by atoms with E-state index in [1.165, 1.54) is 5.56 Å². The number of nitrogens with zero attached hydrogens (tertiary/aromatic N) is 2. The summed E-state index contributed by atoms with van der Waals surface area (Å²) in [7, 11) is 0. The van der Waals surface area contributed by atoms with Crippen LogP contribution >= 0.6 is 0 Å². The van der Waals surface area contributed by atoms with Gasteiger partial charge in [-0.25, -0.2) is 0 Å². The van der Waals surface area contributed by atoms with Crippen LogP contribution in [0.4, 0.5) is 0 Å². The SMILES string of the molecule is CC(=O)[C@@]1(O)CC[C@H]2[C@@H]3C[C@H](C)C4=Cc5nn(-c6c[c-]ccc6)cc5C[C@]4(C)[C@H]3CC[C@@]21C.[CH3-].[Y]. The van der Waals surface area contributed by atoms with Crippen molar-refractivity contribution in [2.24, 2.45) is 34.5 Å². The van der Waals surface area contributed by atoms with Gasteiger partial charge in [-0.1, -0.05) is 26.3 Å². The van der Waals surface area contributed by atoms with Crippen molar-refractivity contribution in [3.05, 3.63) is 60.8 Å². The molecule has 1 aromatic heterocycles. The molecule has 0 aliphatic heterocycles. The first kappa shape index (κ1) is 27.0. The van der Waals surface area contributed by atoms with Gasteiger partial charge in [-0.15, -0.1) is 6.07 Å². The number of carbonyl (C=O) groups is 1. The minimum absolute atomic E-state index is 0. The molecule has 7 atom stereocenters. The second kappa shape index (κ2) is 9.03. The molecular formula is C30H38N2O2Y-2. The third-order valence-electron chi connectivity index (χ3n) is 10.4. The number of benzene rings is 1. The summed E-state index contributed by atoms with van der Waals surface area (Å²) in [5.74, 6) is 2.04. The minimum Gasteiger partial charge on any atom is -0.382 e. The molecule has 4 aliphatic carbocycles. The zero-order chi connectivity index (χ0) is 23.2. The van der Waals surface area contributed by atoms with Gasteiger partial charge in [0.05, 0.1) is 5.69 Å². The van der Waals surface area contributed by atoms with Gasteiger partial charge in [0.15, 0.2) is 5.78 Å². The van der Waals surface area contributed by atoms with Crippen molar-refractivity contribution in [1.82, 2.24) is 9.78 Å². The van der Waals surface area contributed by atoms with Crippen LogP contribution in [0.15, 0.2) is 36.0 Å². The Kier molecular flexibility index (Phi) is 6.95. The molecule has 2 aromatic rings. The number of hydrogen-bond acceptors (Lipinski definition) is 3. The second-order valence-corrected chi connectivity index (χ2v) is 11.9. The molecule has 6 rings (SSSR count). The van der Waals surface area contributed by atoms with Crippen LogP contribution in [0.25, 0.3) is 11.8 Å². The van der Waals surface area contributed by atoms with Gasteiger partial charge in [0, 0.05) is 44.3 Å². The Hall–Kier alpha value is -1.10. The van der Waals surface area contributed by atoms with E-state index in [0.29, 0.717) is 30.1 Å². The Bertz CT molecular complexity index is 1160. The van der Waals surface area contributed by atoms with Crippen LogP contribution in [0.3, 0.4) is 0 Å². The Morgan fingerprint density at radius 3 is 2.66 bits per heavy atom. The second-order valence-electron chi connectivity index (χ2n) is 11.9. The van der Waals surface area contributed by atoms with E-state index in [2.05, 4.69) is 45.2 Å². The van der Waals surface area contributed by atoms with Gasteiger partial charge in [-0.05, 0) is 91.9 Å². The third kappa shape index (κ3) is 3.64. The van der Waals surface area contributed by atoms with Gasteiger partial charge >= 0.3 is 0 Å². The van der Waals surface area contributed by atoms with E-state index < -0.39 is 5.60 Å². The van der Waals surface area contributed by atoms with Crippen molar-refractivity contribution in [1.29, 1.82) is 0 Å². The number of Topliss-reactive ketones (excluding diaryl/α,β-unsaturated/α-hetero) is 1. The quantitative estimate of drug-likeness (QED) is 0.479. The molecule has 3 fully saturated rings. The first-order valence-electron chi connectivity index (χ1n) is 12.7. The molecule has 1 heterocycles. The van der Waals surface area contributed by atoms with E-state index in [4.69, 9.17) is 5.10 Å². The monoisotopic (exact) mass is 547 g/mol. The number of carbonyl (C=O) groups excluding carboxylic acids is 1. The standard InChI is InChI=1S/C29H35N2O2.CH3.Y/c1-18-14-22-23(10-12-28(4)24(22)11-13-29(28,33)19(2)32)27(3)16-20-17-31(21-8-6-5-7-9-21)30-26(20)15-25(18)27;;/h5-6,8-9,15,17-18,22-24,33H,10-14,16H2,1-4H3;1H3;/q2*-1;/t18-,22+,23-,24-,27+,28-,29-;;/m0../s1. The third-order valence-corrected chi connectivity index (χ3v) is 10.4. The fourth-order valence-corrected chi connectivity index (χ4v) is 8.74. The van der Waals surface area contributed by atoms with E-state index in [-0.39, 0.29) is 56.7 Å². The molecule has 185 valence electrons. The number of ketones is 1. The average Bonchev–Trinajstić information content (AvgIpc) is 3.32. The summed E-state index contributed by atoms with van der Waals surface area (Å²) in [6.07, 6.45) is 10.4. The predicted molar refractivity (Wildman–Crippen MR) is 135 cm³/mol. The number of allylic oxidation sites excluding steroid dienone is 1. The van der Waals surface area contributed by atoms with Crippen LogP contribution in [0.5, 0.6) is 0 Å². The number of aromatic nitrogens is 2. The first-order chi connectivity index (χ1) is 15.7. The van der Waals surface area contributed by atoms with Crippen molar-refractivity contribution in [2.45, 2.75) is 71.8 Å². The molecule has 0 unspecified atom stereocenters. The van der Waals surface area contributed by atoms with Crippen LogP contribution in [0.2, 0.25) is 0 Å². The van der Waals surface area contributed by atoms with Gasteiger partial charge in [0.2, 0.25) is 0 Å². The summed E-state index contributed by atoms with van der Waals surface area (Å²) >= 11 is 0. The number of rotatable bonds is 2. The molecule has 0 bridgehead atoms. The van der Waals surface area contributed by atoms with E-state index in [9.17, 15) is 9.90 Å². The molecule has 5 heteroatoms. The van der Waals surface area contributed by atoms with Gasteiger partial charge in [0.1, 0.15) is 5.60 Å². The van der Waals surface area contributed by atoms with Gasteiger partial charge < -0.3 is 12.5 Å². The summed E-state index contributed by atoms with van der Waals surface area (Å²) in [4.78, 5) is 12.5. The van der Waals surface area contributed by atoms with Crippen molar-refractivity contribution >= 4 is 11.9 Å². The molecule has 1 N–H and O–H groups in total. The molecule has 3 saturated carbocycles. The fourth-order valence-electron chi connectivity index (χ4n) is 8.74. The molecule has 1 aromatic carbocycles. The van der Waals surface area contributed by atoms with E-state index in [1.807, 2.05) is 22.9 Å². The largest absolute Gasteiger partial charge is 0.382 e. The van der Waals surface area contributed by atoms with Crippen LogP contribution < -0.4 is 0 Å². The normalized spacial score (nSPS) is 39.1. The van der Waals surface area contributed by atoms with E-state index in [0.717, 1.165) is 43.5 Å². The smallest absolute Gasteiger partial charge is 0.161 e. The van der Waals surface area contributed by atoms with Crippen molar-refractivity contribution < 1.29 is 42.6 Å². The van der Waals surface area contributed by atoms with Crippen LogP contribution in [0, 0.1) is 48.0 Å². The number of aliphatic hydroxyl groups is 1. The summed E-state index contributed by atoms with van der Waals surface area (Å²) in [6.45, 7) is 8.67. The Balaban J connectivity index is 0.00000144. The predicted octanol–water partition coefficient (Wildman–Crippen LogP) is 5.87. The zero-order valence-electron chi connectivity index (χ0n) is 21.8. The molecule has 0 spiro atoms. The summed E-state index contributed by atoms with van der Waals surface area (Å²) < 4.78 is 2.00. The zero-order valence-corrected chi connectivity index (χ0v) is 24.7. The molecule has 4 nitrogen and oxygen atoms in total. The maximum atomic E-state index is 12.5. The summed E-state index contributed by atoms with van der Waals surface area (Å²) in [5, 5.41) is 16.4. The topological polar surface area (TPSA) is 55.1 Å². The molecule has 1 radical (unpaired) electrons. The molecule has 35 heavy (non-hydrogen) atoms. The molecule has 0 amide bonds. The van der Waals surface area contributed by atoms with Crippen molar-refractivity contribution in [3.63, 3.8) is 0 Å². The Morgan fingerprint density at radius 1 is 1.23 bits per heavy atom. The van der Waals surface area contributed by atoms with E-state index >= 15 is 0 Å². The van der Waals surface area contributed by atoms with Gasteiger partial charge in [-0.3, -0.25) is 9.48 Å². The van der Waals surface area contributed by atoms with Crippen molar-refractivity contribution in [2.75, 3.05) is 0 Å². The Morgan fingerprint density at radius 2 is 1.97 bits per heavy atom. The number of hydrogen-bond donors (Lipinski definition) is 1. The van der Waals surface area contributed by atoms with Crippen molar-refractivity contribution in [3.8, 4) is 5.69 Å². The molecule has 4 aliphatic rings. The minimum atomic E-state index is -1.14. The maximum Gasteiger partial charge on any atom is 0.161 e. The average molecular weight is 548 g/mol. The number of fused-ring (bicyclic) bond motifs is 6. The van der Waals surface area contributed by atoms with Gasteiger partial charge in [-0.2, -0.15) is 29.4 Å². The van der Waals surface area contributed by atoms with Gasteiger partial charge in [0.25, 0.3) is 0 Å². The van der Waals surface area contributed by atoms with Crippen LogP contribution in [-0.4, -0.2) is 26.3 Å². The Labute approximate surface area is 235 Å². The van der Waals surface area contributed by atoms with Crippen LogP contribution in [-0.2, 0) is 43.9 Å². The van der Waals surface area contributed by atoms with Crippen LogP contribution in [0.1, 0.15) is 71.1 Å². The maximum absolute atomic E-state index is 12.5. The summed E-state index contributed by atoms with van der Waals surface area (Å²) in [6, 6.07) is 11.1.